The van der Waals surface area contributed by atoms with Gasteiger partial charge in [-0.05, 0) is 44.2 Å². The SMILES string of the molecule is CC(C)(C)NCc1ccc(Sc2ncc[nH]2)nc1. The monoisotopic (exact) mass is 262 g/mol. The number of nitrogens with one attached hydrogen (secondary N) is 2. The number of H-pyrrole nitrogens is 1. The van der Waals surface area contributed by atoms with E-state index in [2.05, 4.69) is 47.1 Å². The number of aromatic amines is 1. The maximum Gasteiger partial charge on any atom is 0.171 e. The maximum absolute atomic E-state index is 4.42. The van der Waals surface area contributed by atoms with Gasteiger partial charge in [0.05, 0.1) is 0 Å². The molecule has 2 aromatic heterocycles. The Kier molecular flexibility index (Phi) is 4.04. The van der Waals surface area contributed by atoms with Crippen molar-refractivity contribution in [1.29, 1.82) is 0 Å². The Balaban J connectivity index is 1.93. The van der Waals surface area contributed by atoms with Gasteiger partial charge in [0.25, 0.3) is 0 Å². The van der Waals surface area contributed by atoms with Crippen LogP contribution in [-0.4, -0.2) is 20.5 Å². The smallest absolute Gasteiger partial charge is 0.171 e. The van der Waals surface area contributed by atoms with Crippen LogP contribution in [0.2, 0.25) is 0 Å². The molecule has 4 nitrogen and oxygen atoms in total. The largest absolute Gasteiger partial charge is 0.339 e. The number of hydrogen-bond donors (Lipinski definition) is 2. The minimum absolute atomic E-state index is 0.127. The van der Waals surface area contributed by atoms with E-state index in [1.165, 1.54) is 17.3 Å². The molecule has 2 aromatic rings. The average Bonchev–Trinajstić information content (AvgIpc) is 2.80. The number of pyridine rings is 1. The highest BCUT2D eigenvalue weighted by Gasteiger charge is 2.08. The van der Waals surface area contributed by atoms with Crippen molar-refractivity contribution in [2.75, 3.05) is 0 Å². The Morgan fingerprint density at radius 1 is 1.28 bits per heavy atom. The van der Waals surface area contributed by atoms with Crippen LogP contribution in [0.5, 0.6) is 0 Å². The second-order valence-electron chi connectivity index (χ2n) is 5.10. The summed E-state index contributed by atoms with van der Waals surface area (Å²) in [6.45, 7) is 7.30. The van der Waals surface area contributed by atoms with Gasteiger partial charge in [-0.3, -0.25) is 0 Å². The molecular weight excluding hydrogens is 244 g/mol. The molecule has 2 heterocycles. The first kappa shape index (κ1) is 13.1. The molecule has 0 aliphatic heterocycles. The summed E-state index contributed by atoms with van der Waals surface area (Å²) in [5.41, 5.74) is 1.32. The molecule has 0 bridgehead atoms. The second-order valence-corrected chi connectivity index (χ2v) is 6.11. The zero-order chi connectivity index (χ0) is 13.0. The highest BCUT2D eigenvalue weighted by molar-refractivity contribution is 7.99. The van der Waals surface area contributed by atoms with E-state index in [1.54, 1.807) is 6.20 Å². The van der Waals surface area contributed by atoms with Gasteiger partial charge < -0.3 is 10.3 Å². The number of imidazole rings is 1. The molecule has 0 aliphatic carbocycles. The third-order valence-corrected chi connectivity index (χ3v) is 3.16. The van der Waals surface area contributed by atoms with E-state index < -0.39 is 0 Å². The van der Waals surface area contributed by atoms with Crippen LogP contribution in [0.25, 0.3) is 0 Å². The molecule has 0 aliphatic rings. The molecule has 0 aromatic carbocycles. The molecule has 0 fully saturated rings. The van der Waals surface area contributed by atoms with Gasteiger partial charge in [0.2, 0.25) is 0 Å². The highest BCUT2D eigenvalue weighted by atomic mass is 32.2. The van der Waals surface area contributed by atoms with Crippen molar-refractivity contribution in [2.45, 2.75) is 43.0 Å². The van der Waals surface area contributed by atoms with E-state index in [-0.39, 0.29) is 5.54 Å². The summed E-state index contributed by atoms with van der Waals surface area (Å²) in [5, 5.41) is 5.25. The highest BCUT2D eigenvalue weighted by Crippen LogP contribution is 2.21. The normalized spacial score (nSPS) is 11.7. The molecule has 2 rings (SSSR count). The maximum atomic E-state index is 4.42. The lowest BCUT2D eigenvalue weighted by Crippen LogP contribution is -2.35. The number of hydrogen-bond acceptors (Lipinski definition) is 4. The molecule has 0 unspecified atom stereocenters. The van der Waals surface area contributed by atoms with Crippen molar-refractivity contribution in [2.24, 2.45) is 0 Å². The lowest BCUT2D eigenvalue weighted by Gasteiger charge is -2.20. The summed E-state index contributed by atoms with van der Waals surface area (Å²) in [7, 11) is 0. The third kappa shape index (κ3) is 4.16. The Hall–Kier alpha value is -1.33. The van der Waals surface area contributed by atoms with Crippen LogP contribution in [0, 0.1) is 0 Å². The van der Waals surface area contributed by atoms with E-state index in [9.17, 15) is 0 Å². The zero-order valence-electron chi connectivity index (χ0n) is 10.9. The summed E-state index contributed by atoms with van der Waals surface area (Å²) >= 11 is 1.53. The van der Waals surface area contributed by atoms with Crippen molar-refractivity contribution in [1.82, 2.24) is 20.3 Å². The Bertz CT molecular complexity index is 471. The molecule has 0 saturated carbocycles. The fourth-order valence-electron chi connectivity index (χ4n) is 1.35. The molecule has 0 radical (unpaired) electrons. The summed E-state index contributed by atoms with van der Waals surface area (Å²) < 4.78 is 0. The van der Waals surface area contributed by atoms with Crippen LogP contribution in [0.3, 0.4) is 0 Å². The second kappa shape index (κ2) is 5.54. The first-order valence-corrected chi connectivity index (χ1v) is 6.72. The van der Waals surface area contributed by atoms with Crippen LogP contribution in [0.15, 0.2) is 40.9 Å². The fourth-order valence-corrected chi connectivity index (χ4v) is 2.03. The van der Waals surface area contributed by atoms with Gasteiger partial charge in [-0.2, -0.15) is 0 Å². The topological polar surface area (TPSA) is 53.6 Å². The molecule has 0 atom stereocenters. The summed E-state index contributed by atoms with van der Waals surface area (Å²) in [4.78, 5) is 11.6. The molecule has 2 N–H and O–H groups in total. The number of rotatable bonds is 4. The van der Waals surface area contributed by atoms with E-state index in [0.717, 1.165) is 16.7 Å². The van der Waals surface area contributed by atoms with Gasteiger partial charge >= 0.3 is 0 Å². The van der Waals surface area contributed by atoms with Crippen LogP contribution < -0.4 is 5.32 Å². The van der Waals surface area contributed by atoms with Gasteiger partial charge in [0.1, 0.15) is 5.03 Å². The summed E-state index contributed by atoms with van der Waals surface area (Å²) in [5.74, 6) is 0. The quantitative estimate of drug-likeness (QED) is 0.889. The zero-order valence-corrected chi connectivity index (χ0v) is 11.7. The average molecular weight is 262 g/mol. The van der Waals surface area contributed by atoms with Crippen molar-refractivity contribution >= 4 is 11.8 Å². The molecular formula is C13H18N4S. The Labute approximate surface area is 112 Å². The minimum atomic E-state index is 0.127. The van der Waals surface area contributed by atoms with Crippen LogP contribution >= 0.6 is 11.8 Å². The van der Waals surface area contributed by atoms with Gasteiger partial charge in [-0.25, -0.2) is 9.97 Å². The molecule has 0 saturated heterocycles. The van der Waals surface area contributed by atoms with Crippen LogP contribution in [-0.2, 0) is 6.54 Å². The minimum Gasteiger partial charge on any atom is -0.339 e. The first-order chi connectivity index (χ1) is 8.53. The van der Waals surface area contributed by atoms with Crippen molar-refractivity contribution in [3.05, 3.63) is 36.3 Å². The predicted octanol–water partition coefficient (Wildman–Crippen LogP) is 2.84. The van der Waals surface area contributed by atoms with Gasteiger partial charge in [-0.1, -0.05) is 6.07 Å². The fraction of sp³-hybridized carbons (Fsp3) is 0.385. The summed E-state index contributed by atoms with van der Waals surface area (Å²) in [6.07, 6.45) is 5.46. The van der Waals surface area contributed by atoms with Crippen molar-refractivity contribution < 1.29 is 0 Å². The number of nitrogens with zero attached hydrogens (tertiary/aromatic N) is 2. The lowest BCUT2D eigenvalue weighted by atomic mass is 10.1. The lowest BCUT2D eigenvalue weighted by molar-refractivity contribution is 0.424. The molecule has 0 spiro atoms. The van der Waals surface area contributed by atoms with E-state index in [4.69, 9.17) is 0 Å². The van der Waals surface area contributed by atoms with Crippen molar-refractivity contribution in [3.63, 3.8) is 0 Å². The van der Waals surface area contributed by atoms with Gasteiger partial charge in [0, 0.05) is 30.7 Å². The van der Waals surface area contributed by atoms with Crippen LogP contribution in [0.4, 0.5) is 0 Å². The number of aromatic nitrogens is 3. The van der Waals surface area contributed by atoms with Gasteiger partial charge in [-0.15, -0.1) is 0 Å². The first-order valence-electron chi connectivity index (χ1n) is 5.90. The molecule has 0 amide bonds. The van der Waals surface area contributed by atoms with Crippen molar-refractivity contribution in [3.8, 4) is 0 Å². The Morgan fingerprint density at radius 3 is 2.67 bits per heavy atom. The van der Waals surface area contributed by atoms with E-state index >= 15 is 0 Å². The third-order valence-electron chi connectivity index (χ3n) is 2.29. The molecule has 96 valence electrons. The standard InChI is InChI=1S/C13H18N4S/c1-13(2,3)17-9-10-4-5-11(16-8-10)18-12-14-6-7-15-12/h4-8,17H,9H2,1-3H3,(H,14,15). The van der Waals surface area contributed by atoms with Crippen LogP contribution in [0.1, 0.15) is 26.3 Å². The van der Waals surface area contributed by atoms with Gasteiger partial charge in [0.15, 0.2) is 5.16 Å². The van der Waals surface area contributed by atoms with E-state index in [1.807, 2.05) is 18.5 Å². The van der Waals surface area contributed by atoms with E-state index in [0.29, 0.717) is 0 Å². The summed E-state index contributed by atoms with van der Waals surface area (Å²) in [6, 6.07) is 4.11. The predicted molar refractivity (Wildman–Crippen MR) is 73.5 cm³/mol. The Morgan fingerprint density at radius 2 is 2.11 bits per heavy atom. The molecule has 5 heteroatoms. The molecule has 18 heavy (non-hydrogen) atoms.